The third-order valence-corrected chi connectivity index (χ3v) is 4.04. The number of anilines is 1. The molecule has 2 rings (SSSR count). The van der Waals surface area contributed by atoms with Gasteiger partial charge in [0.1, 0.15) is 0 Å². The van der Waals surface area contributed by atoms with Crippen molar-refractivity contribution in [3.63, 3.8) is 0 Å². The number of nitrogens with zero attached hydrogens (tertiary/aromatic N) is 3. The fourth-order valence-corrected chi connectivity index (χ4v) is 2.44. The lowest BCUT2D eigenvalue weighted by molar-refractivity contribution is 0.0818. The van der Waals surface area contributed by atoms with Gasteiger partial charge in [-0.25, -0.2) is 4.68 Å². The highest BCUT2D eigenvalue weighted by molar-refractivity contribution is 5.43. The maximum atomic E-state index is 12.1. The van der Waals surface area contributed by atoms with Gasteiger partial charge in [-0.05, 0) is 26.7 Å². The van der Waals surface area contributed by atoms with Crippen LogP contribution in [0.3, 0.4) is 0 Å². The van der Waals surface area contributed by atoms with Gasteiger partial charge in [-0.15, -0.1) is 0 Å². The molecule has 0 aliphatic carbocycles. The second kappa shape index (κ2) is 6.37. The van der Waals surface area contributed by atoms with E-state index in [0.717, 1.165) is 31.6 Å². The third-order valence-electron chi connectivity index (χ3n) is 4.04. The van der Waals surface area contributed by atoms with E-state index in [4.69, 9.17) is 4.74 Å². The van der Waals surface area contributed by atoms with Crippen LogP contribution in [0.2, 0.25) is 0 Å². The minimum atomic E-state index is -0.608. The summed E-state index contributed by atoms with van der Waals surface area (Å²) < 4.78 is 6.67. The van der Waals surface area contributed by atoms with Gasteiger partial charge in [0, 0.05) is 26.3 Å². The average Bonchev–Trinajstić information content (AvgIpc) is 2.46. The fourth-order valence-electron chi connectivity index (χ4n) is 2.44. The highest BCUT2D eigenvalue weighted by atomic mass is 16.5. The Hall–Kier alpha value is -1.40. The van der Waals surface area contributed by atoms with Crippen molar-refractivity contribution in [2.24, 2.45) is 0 Å². The molecule has 6 nitrogen and oxygen atoms in total. The standard InChI is InChI=1S/C14H23N3O3/c1-10(11(2)18)17-14(19)8-12(9-15-17)16-6-4-13(20-3)5-7-16/h8-11,13,18H,4-7H2,1-3H3. The molecule has 1 saturated heterocycles. The van der Waals surface area contributed by atoms with Crippen LogP contribution < -0.4 is 10.5 Å². The number of methoxy groups -OCH3 is 1. The molecule has 112 valence electrons. The first-order chi connectivity index (χ1) is 9.52. The summed E-state index contributed by atoms with van der Waals surface area (Å²) in [6, 6.07) is 1.27. The Morgan fingerprint density at radius 3 is 2.55 bits per heavy atom. The normalized spacial score (nSPS) is 19.9. The molecule has 0 spiro atoms. The monoisotopic (exact) mass is 281 g/mol. The van der Waals surface area contributed by atoms with Crippen molar-refractivity contribution in [3.8, 4) is 0 Å². The van der Waals surface area contributed by atoms with Crippen molar-refractivity contribution in [1.82, 2.24) is 9.78 Å². The molecule has 1 fully saturated rings. The van der Waals surface area contributed by atoms with Gasteiger partial charge < -0.3 is 14.7 Å². The molecular formula is C14H23N3O3. The maximum Gasteiger partial charge on any atom is 0.269 e. The van der Waals surface area contributed by atoms with Crippen LogP contribution in [0.4, 0.5) is 5.69 Å². The third kappa shape index (κ3) is 3.19. The molecule has 1 aromatic heterocycles. The van der Waals surface area contributed by atoms with E-state index in [1.54, 1.807) is 33.2 Å². The zero-order chi connectivity index (χ0) is 14.7. The predicted octanol–water partition coefficient (Wildman–Crippen LogP) is 0.800. The second-order valence-corrected chi connectivity index (χ2v) is 5.40. The summed E-state index contributed by atoms with van der Waals surface area (Å²) >= 11 is 0. The van der Waals surface area contributed by atoms with Crippen LogP contribution in [0.25, 0.3) is 0 Å². The Bertz CT molecular complexity index is 493. The van der Waals surface area contributed by atoms with E-state index in [1.807, 2.05) is 0 Å². The molecule has 0 amide bonds. The lowest BCUT2D eigenvalue weighted by Crippen LogP contribution is -2.38. The minimum Gasteiger partial charge on any atom is -0.391 e. The van der Waals surface area contributed by atoms with Crippen molar-refractivity contribution >= 4 is 5.69 Å². The molecule has 2 atom stereocenters. The van der Waals surface area contributed by atoms with Crippen LogP contribution in [0.15, 0.2) is 17.1 Å². The maximum absolute atomic E-state index is 12.1. The molecule has 0 saturated carbocycles. The second-order valence-electron chi connectivity index (χ2n) is 5.40. The number of piperidine rings is 1. The lowest BCUT2D eigenvalue weighted by Gasteiger charge is -2.32. The van der Waals surface area contributed by atoms with Crippen molar-refractivity contribution in [1.29, 1.82) is 0 Å². The first kappa shape index (κ1) is 15.0. The number of hydrogen-bond donors (Lipinski definition) is 1. The van der Waals surface area contributed by atoms with Gasteiger partial charge in [0.05, 0.1) is 30.1 Å². The van der Waals surface area contributed by atoms with E-state index >= 15 is 0 Å². The lowest BCUT2D eigenvalue weighted by atomic mass is 10.1. The average molecular weight is 281 g/mol. The molecular weight excluding hydrogens is 258 g/mol. The van der Waals surface area contributed by atoms with Crippen molar-refractivity contribution in [2.75, 3.05) is 25.1 Å². The topological polar surface area (TPSA) is 67.6 Å². The number of aliphatic hydroxyl groups excluding tert-OH is 1. The predicted molar refractivity (Wildman–Crippen MR) is 77.1 cm³/mol. The summed E-state index contributed by atoms with van der Waals surface area (Å²) in [7, 11) is 1.74. The molecule has 2 unspecified atom stereocenters. The SMILES string of the molecule is COC1CCN(c2cnn(C(C)C(C)O)c(=O)c2)CC1. The van der Waals surface area contributed by atoms with Gasteiger partial charge in [-0.3, -0.25) is 4.79 Å². The van der Waals surface area contributed by atoms with E-state index < -0.39 is 6.10 Å². The minimum absolute atomic E-state index is 0.176. The number of rotatable bonds is 4. The van der Waals surface area contributed by atoms with Gasteiger partial charge in [0.25, 0.3) is 5.56 Å². The van der Waals surface area contributed by atoms with Crippen molar-refractivity contribution < 1.29 is 9.84 Å². The van der Waals surface area contributed by atoms with Crippen LogP contribution in [0.5, 0.6) is 0 Å². The largest absolute Gasteiger partial charge is 0.391 e. The smallest absolute Gasteiger partial charge is 0.269 e. The Labute approximate surface area is 119 Å². The summed E-state index contributed by atoms with van der Waals surface area (Å²) in [6.07, 6.45) is 3.33. The zero-order valence-electron chi connectivity index (χ0n) is 12.3. The summed E-state index contributed by atoms with van der Waals surface area (Å²) in [5, 5.41) is 13.7. The fraction of sp³-hybridized carbons (Fsp3) is 0.714. The number of ether oxygens (including phenoxy) is 1. The molecule has 1 N–H and O–H groups in total. The molecule has 0 bridgehead atoms. The molecule has 1 aromatic rings. The van der Waals surface area contributed by atoms with Crippen LogP contribution in [0, 0.1) is 0 Å². The van der Waals surface area contributed by atoms with E-state index in [9.17, 15) is 9.90 Å². The quantitative estimate of drug-likeness (QED) is 0.884. The van der Waals surface area contributed by atoms with Crippen LogP contribution >= 0.6 is 0 Å². The summed E-state index contributed by atoms with van der Waals surface area (Å²) in [5.41, 5.74) is 0.670. The van der Waals surface area contributed by atoms with Crippen LogP contribution in [-0.2, 0) is 4.74 Å². The van der Waals surface area contributed by atoms with Crippen molar-refractivity contribution in [3.05, 3.63) is 22.6 Å². The summed E-state index contributed by atoms with van der Waals surface area (Å²) in [4.78, 5) is 14.2. The highest BCUT2D eigenvalue weighted by Crippen LogP contribution is 2.19. The van der Waals surface area contributed by atoms with E-state index in [-0.39, 0.29) is 11.6 Å². The summed E-state index contributed by atoms with van der Waals surface area (Å²) in [5.74, 6) is 0. The van der Waals surface area contributed by atoms with Crippen LogP contribution in [-0.4, -0.2) is 47.3 Å². The van der Waals surface area contributed by atoms with Crippen molar-refractivity contribution in [2.45, 2.75) is 44.9 Å². The molecule has 1 aliphatic heterocycles. The number of hydrogen-bond acceptors (Lipinski definition) is 5. The van der Waals surface area contributed by atoms with Gasteiger partial charge in [-0.2, -0.15) is 5.10 Å². The van der Waals surface area contributed by atoms with Crippen LogP contribution in [0.1, 0.15) is 32.7 Å². The number of aromatic nitrogens is 2. The number of aliphatic hydroxyl groups is 1. The zero-order valence-corrected chi connectivity index (χ0v) is 12.3. The molecule has 6 heteroatoms. The molecule has 2 heterocycles. The van der Waals surface area contributed by atoms with Gasteiger partial charge in [0.15, 0.2) is 0 Å². The van der Waals surface area contributed by atoms with Gasteiger partial charge in [-0.1, -0.05) is 0 Å². The van der Waals surface area contributed by atoms with Gasteiger partial charge >= 0.3 is 0 Å². The first-order valence-corrected chi connectivity index (χ1v) is 7.07. The highest BCUT2D eigenvalue weighted by Gasteiger charge is 2.20. The Balaban J connectivity index is 2.12. The molecule has 1 aliphatic rings. The molecule has 0 aromatic carbocycles. The Morgan fingerprint density at radius 1 is 1.40 bits per heavy atom. The van der Waals surface area contributed by atoms with Gasteiger partial charge in [0.2, 0.25) is 0 Å². The Morgan fingerprint density at radius 2 is 2.05 bits per heavy atom. The van der Waals surface area contributed by atoms with E-state index in [2.05, 4.69) is 10.00 Å². The first-order valence-electron chi connectivity index (χ1n) is 7.07. The molecule has 0 radical (unpaired) electrons. The van der Waals surface area contributed by atoms with E-state index in [1.165, 1.54) is 4.68 Å². The molecule has 20 heavy (non-hydrogen) atoms. The Kier molecular flexibility index (Phi) is 4.77. The van der Waals surface area contributed by atoms with E-state index in [0.29, 0.717) is 6.10 Å². The summed E-state index contributed by atoms with van der Waals surface area (Å²) in [6.45, 7) is 5.18.